The van der Waals surface area contributed by atoms with Crippen LogP contribution in [0.1, 0.15) is 11.6 Å². The van der Waals surface area contributed by atoms with Crippen molar-refractivity contribution < 1.29 is 38.6 Å². The highest BCUT2D eigenvalue weighted by Crippen LogP contribution is 2.41. The third-order valence-electron chi connectivity index (χ3n) is 2.54. The summed E-state index contributed by atoms with van der Waals surface area (Å²) in [6.07, 6.45) is -2.33. The topological polar surface area (TPSA) is 182 Å². The van der Waals surface area contributed by atoms with Gasteiger partial charge in [-0.2, -0.15) is 0 Å². The molecule has 0 bridgehead atoms. The summed E-state index contributed by atoms with van der Waals surface area (Å²) < 4.78 is 22.0. The van der Waals surface area contributed by atoms with E-state index in [2.05, 4.69) is 0 Å². The van der Waals surface area contributed by atoms with Crippen LogP contribution < -0.4 is 5.73 Å². The maximum atomic E-state index is 12.1. The highest BCUT2D eigenvalue weighted by Gasteiger charge is 2.32. The zero-order chi connectivity index (χ0) is 17.1. The molecule has 22 heavy (non-hydrogen) atoms. The van der Waals surface area contributed by atoms with Crippen LogP contribution in [0.25, 0.3) is 0 Å². The van der Waals surface area contributed by atoms with E-state index in [1.165, 1.54) is 24.3 Å². The molecule has 12 heteroatoms. The number of amides is 1. The van der Waals surface area contributed by atoms with Crippen LogP contribution in [0.4, 0.5) is 0 Å². The molecular formula is C10H16N2O8P2. The van der Waals surface area contributed by atoms with E-state index in [4.69, 9.17) is 30.4 Å². The molecule has 0 saturated heterocycles. The second kappa shape index (κ2) is 6.89. The van der Waals surface area contributed by atoms with Gasteiger partial charge in [-0.3, -0.25) is 13.9 Å². The third-order valence-corrected chi connectivity index (χ3v) is 3.96. The molecule has 0 heterocycles. The minimum absolute atomic E-state index is 0.0781. The molecule has 124 valence electrons. The van der Waals surface area contributed by atoms with Crippen LogP contribution in [0.3, 0.4) is 0 Å². The summed E-state index contributed by atoms with van der Waals surface area (Å²) in [6, 6.07) is 3.73. The van der Waals surface area contributed by atoms with E-state index >= 15 is 0 Å². The fraction of sp³-hybridized carbons (Fsp3) is 0.300. The van der Waals surface area contributed by atoms with E-state index < -0.39 is 39.7 Å². The lowest BCUT2D eigenvalue weighted by Gasteiger charge is -2.26. The average molecular weight is 354 g/mol. The Hall–Kier alpha value is -1.25. The number of carbonyl (C=O) groups is 1. The molecular weight excluding hydrogens is 338 g/mol. The van der Waals surface area contributed by atoms with E-state index in [9.17, 15) is 13.9 Å². The summed E-state index contributed by atoms with van der Waals surface area (Å²) in [4.78, 5) is 48.1. The second-order valence-electron chi connectivity index (χ2n) is 4.56. The van der Waals surface area contributed by atoms with Crippen molar-refractivity contribution >= 4 is 21.1 Å². The molecule has 0 saturated carbocycles. The van der Waals surface area contributed by atoms with E-state index in [0.717, 1.165) is 0 Å². The molecule has 0 fully saturated rings. The largest absolute Gasteiger partial charge is 0.508 e. The Morgan fingerprint density at radius 3 is 1.82 bits per heavy atom. The number of aromatic hydroxyl groups is 1. The van der Waals surface area contributed by atoms with Crippen molar-refractivity contribution in [2.45, 2.75) is 6.04 Å². The second-order valence-corrected chi connectivity index (χ2v) is 7.78. The van der Waals surface area contributed by atoms with E-state index in [0.29, 0.717) is 4.90 Å². The predicted octanol–water partition coefficient (Wildman–Crippen LogP) is -0.509. The fourth-order valence-corrected chi connectivity index (χ4v) is 3.18. The first-order valence-electron chi connectivity index (χ1n) is 5.81. The molecule has 1 amide bonds. The number of rotatable bonds is 6. The summed E-state index contributed by atoms with van der Waals surface area (Å²) in [6.45, 7) is 0. The lowest BCUT2D eigenvalue weighted by molar-refractivity contribution is -0.131. The van der Waals surface area contributed by atoms with E-state index in [-0.39, 0.29) is 11.3 Å². The fourth-order valence-electron chi connectivity index (χ4n) is 1.65. The monoisotopic (exact) mass is 354 g/mol. The zero-order valence-electron chi connectivity index (χ0n) is 11.2. The van der Waals surface area contributed by atoms with Crippen LogP contribution in [0.2, 0.25) is 0 Å². The van der Waals surface area contributed by atoms with E-state index in [1.54, 1.807) is 0 Å². The maximum Gasteiger partial charge on any atom is 0.344 e. The van der Waals surface area contributed by atoms with Gasteiger partial charge in [-0.25, -0.2) is 0 Å². The minimum atomic E-state index is -4.73. The van der Waals surface area contributed by atoms with Crippen molar-refractivity contribution in [2.24, 2.45) is 5.73 Å². The van der Waals surface area contributed by atoms with Crippen molar-refractivity contribution in [1.82, 2.24) is 4.90 Å². The Morgan fingerprint density at radius 2 is 1.45 bits per heavy atom. The Balaban J connectivity index is 3.02. The van der Waals surface area contributed by atoms with Crippen LogP contribution >= 0.6 is 15.2 Å². The Kier molecular flexibility index (Phi) is 5.89. The Bertz CT molecular complexity index is 598. The molecule has 0 aliphatic heterocycles. The summed E-state index contributed by atoms with van der Waals surface area (Å²) in [5, 5.41) is 9.15. The number of nitrogens with two attached hydrogens (primary N) is 1. The van der Waals surface area contributed by atoms with Crippen LogP contribution in [-0.2, 0) is 13.9 Å². The standard InChI is InChI=1S/C10H16N2O8P2/c11-9(7-1-3-8(13)4-2-7)10(14)12(5-21(15,16)17)6-22(18,19)20/h1-4,9,13H,5-6,11H2,(H2,15,16,17)(H2,18,19,20). The summed E-state index contributed by atoms with van der Waals surface area (Å²) >= 11 is 0. The lowest BCUT2D eigenvalue weighted by Crippen LogP contribution is -2.39. The van der Waals surface area contributed by atoms with Crippen molar-refractivity contribution in [3.8, 4) is 5.75 Å². The SMILES string of the molecule is NC(C(=O)N(CP(=O)(O)O)CP(=O)(O)O)c1ccc(O)cc1. The molecule has 0 aliphatic carbocycles. The van der Waals surface area contributed by atoms with Crippen molar-refractivity contribution in [3.63, 3.8) is 0 Å². The quantitative estimate of drug-likeness (QED) is 0.366. The van der Waals surface area contributed by atoms with Gasteiger partial charge in [0, 0.05) is 0 Å². The van der Waals surface area contributed by atoms with Gasteiger partial charge in [-0.1, -0.05) is 12.1 Å². The number of phenols is 1. The van der Waals surface area contributed by atoms with Gasteiger partial charge in [0.05, 0.1) is 0 Å². The number of hydrogen-bond acceptors (Lipinski definition) is 5. The summed E-state index contributed by atoms with van der Waals surface area (Å²) in [5.41, 5.74) is 5.86. The number of phenolic OH excluding ortho intramolecular Hbond substituents is 1. The van der Waals surface area contributed by atoms with Gasteiger partial charge in [0.25, 0.3) is 0 Å². The molecule has 1 aromatic carbocycles. The highest BCUT2D eigenvalue weighted by molar-refractivity contribution is 7.52. The van der Waals surface area contributed by atoms with Gasteiger partial charge in [0.1, 0.15) is 24.4 Å². The smallest absolute Gasteiger partial charge is 0.344 e. The normalized spacial score (nSPS) is 13.7. The van der Waals surface area contributed by atoms with Crippen molar-refractivity contribution in [1.29, 1.82) is 0 Å². The predicted molar refractivity (Wildman–Crippen MR) is 75.7 cm³/mol. The van der Waals surface area contributed by atoms with Gasteiger partial charge in [-0.05, 0) is 17.7 Å². The first-order valence-corrected chi connectivity index (χ1v) is 9.41. The van der Waals surface area contributed by atoms with E-state index in [1.807, 2.05) is 0 Å². The number of hydrogen-bond donors (Lipinski definition) is 6. The molecule has 1 aromatic rings. The summed E-state index contributed by atoms with van der Waals surface area (Å²) in [7, 11) is -9.47. The molecule has 1 atom stereocenters. The number of nitrogens with zero attached hydrogens (tertiary/aromatic N) is 1. The van der Waals surface area contributed by atoms with Gasteiger partial charge >= 0.3 is 15.2 Å². The minimum Gasteiger partial charge on any atom is -0.508 e. The molecule has 0 radical (unpaired) electrons. The van der Waals surface area contributed by atoms with Gasteiger partial charge in [-0.15, -0.1) is 0 Å². The molecule has 7 N–H and O–H groups in total. The van der Waals surface area contributed by atoms with Crippen molar-refractivity contribution in [2.75, 3.05) is 12.6 Å². The lowest BCUT2D eigenvalue weighted by atomic mass is 10.1. The molecule has 0 aliphatic rings. The van der Waals surface area contributed by atoms with Gasteiger partial charge < -0.3 is 35.3 Å². The maximum absolute atomic E-state index is 12.1. The van der Waals surface area contributed by atoms with Crippen LogP contribution in [0.15, 0.2) is 24.3 Å². The van der Waals surface area contributed by atoms with Crippen LogP contribution in [-0.4, -0.2) is 48.1 Å². The molecule has 1 unspecified atom stereocenters. The van der Waals surface area contributed by atoms with Gasteiger partial charge in [0.15, 0.2) is 0 Å². The third kappa shape index (κ3) is 6.25. The molecule has 10 nitrogen and oxygen atoms in total. The van der Waals surface area contributed by atoms with Crippen LogP contribution in [0, 0.1) is 0 Å². The van der Waals surface area contributed by atoms with Crippen molar-refractivity contribution in [3.05, 3.63) is 29.8 Å². The number of carbonyl (C=O) groups excluding carboxylic acids is 1. The molecule has 1 rings (SSSR count). The number of benzene rings is 1. The van der Waals surface area contributed by atoms with Gasteiger partial charge in [0.2, 0.25) is 5.91 Å². The Labute approximate surface area is 125 Å². The first kappa shape index (κ1) is 18.8. The molecule has 0 aromatic heterocycles. The Morgan fingerprint density at radius 1 is 1.05 bits per heavy atom. The molecule has 0 spiro atoms. The average Bonchev–Trinajstić information content (AvgIpc) is 2.34. The summed E-state index contributed by atoms with van der Waals surface area (Å²) in [5.74, 6) is -1.14. The van der Waals surface area contributed by atoms with Crippen LogP contribution in [0.5, 0.6) is 5.75 Å². The zero-order valence-corrected chi connectivity index (χ0v) is 13.0. The first-order chi connectivity index (χ1) is 9.89. The highest BCUT2D eigenvalue weighted by atomic mass is 31.2.